The van der Waals surface area contributed by atoms with Crippen LogP contribution in [0.5, 0.6) is 0 Å². The molecule has 5 aromatic rings. The summed E-state index contributed by atoms with van der Waals surface area (Å²) in [6.07, 6.45) is 1.51. The molecule has 0 N–H and O–H groups in total. The molecule has 0 saturated heterocycles. The molecule has 0 amide bonds. The van der Waals surface area contributed by atoms with Crippen LogP contribution in [0.3, 0.4) is 0 Å². The quantitative estimate of drug-likeness (QED) is 0.427. The van der Waals surface area contributed by atoms with Crippen LogP contribution in [0.1, 0.15) is 5.56 Å². The Kier molecular flexibility index (Phi) is 4.36. The molecule has 1 aliphatic rings. The third kappa shape index (κ3) is 3.20. The molecule has 33 heavy (non-hydrogen) atoms. The van der Waals surface area contributed by atoms with E-state index in [1.165, 1.54) is 23.0 Å². The number of rotatable bonds is 3. The maximum Gasteiger partial charge on any atom is 0.286 e. The Labute approximate surface area is 187 Å². The summed E-state index contributed by atoms with van der Waals surface area (Å²) in [7, 11) is 0. The van der Waals surface area contributed by atoms with Crippen LogP contribution >= 0.6 is 0 Å². The monoisotopic (exact) mass is 436 g/mol. The predicted octanol–water partition coefficient (Wildman–Crippen LogP) is 4.13. The summed E-state index contributed by atoms with van der Waals surface area (Å²) in [6.45, 7) is 0.368. The van der Waals surface area contributed by atoms with Gasteiger partial charge in [-0.2, -0.15) is 19.9 Å². The van der Waals surface area contributed by atoms with Gasteiger partial charge in [0.2, 0.25) is 5.95 Å². The highest BCUT2D eigenvalue weighted by Crippen LogP contribution is 2.28. The Morgan fingerprint density at radius 2 is 1.48 bits per heavy atom. The van der Waals surface area contributed by atoms with Crippen molar-refractivity contribution in [2.24, 2.45) is 5.10 Å². The molecule has 3 heterocycles. The number of halogens is 1. The van der Waals surface area contributed by atoms with E-state index in [9.17, 15) is 9.18 Å². The summed E-state index contributed by atoms with van der Waals surface area (Å²) < 4.78 is 16.4. The van der Waals surface area contributed by atoms with Gasteiger partial charge in [-0.3, -0.25) is 4.79 Å². The number of fused-ring (bicyclic) bond motifs is 2. The van der Waals surface area contributed by atoms with Gasteiger partial charge in [0.25, 0.3) is 5.56 Å². The fourth-order valence-electron chi connectivity index (χ4n) is 3.95. The zero-order valence-corrected chi connectivity index (χ0v) is 17.3. The van der Waals surface area contributed by atoms with Crippen molar-refractivity contribution in [3.63, 3.8) is 0 Å². The molecule has 8 heteroatoms. The van der Waals surface area contributed by atoms with Crippen molar-refractivity contribution in [2.45, 2.75) is 0 Å². The van der Waals surface area contributed by atoms with Crippen molar-refractivity contribution in [1.29, 1.82) is 0 Å². The van der Waals surface area contributed by atoms with Crippen LogP contribution < -0.4 is 10.5 Å². The molecular formula is C25H17FN6O. The molecule has 160 valence electrons. The number of anilines is 2. The van der Waals surface area contributed by atoms with Crippen molar-refractivity contribution in [2.75, 3.05) is 11.4 Å². The maximum atomic E-state index is 13.5. The summed E-state index contributed by atoms with van der Waals surface area (Å²) in [5, 5.41) is 9.39. The number of benzene rings is 3. The molecule has 2 aromatic heterocycles. The zero-order chi connectivity index (χ0) is 22.4. The van der Waals surface area contributed by atoms with Crippen molar-refractivity contribution >= 4 is 28.4 Å². The molecule has 3 aromatic carbocycles. The lowest BCUT2D eigenvalue weighted by atomic mass is 10.1. The first-order valence-electron chi connectivity index (χ1n) is 10.4. The van der Waals surface area contributed by atoms with Gasteiger partial charge in [-0.05, 0) is 42.0 Å². The Hall–Kier alpha value is -4.59. The minimum absolute atomic E-state index is 0.322. The van der Waals surface area contributed by atoms with Gasteiger partial charge in [0, 0.05) is 5.69 Å². The predicted molar refractivity (Wildman–Crippen MR) is 125 cm³/mol. The van der Waals surface area contributed by atoms with E-state index in [1.54, 1.807) is 16.8 Å². The van der Waals surface area contributed by atoms with E-state index in [4.69, 9.17) is 4.98 Å². The van der Waals surface area contributed by atoms with Crippen LogP contribution in [0, 0.1) is 5.82 Å². The summed E-state index contributed by atoms with van der Waals surface area (Å²) in [6, 6.07) is 25.3. The lowest BCUT2D eigenvalue weighted by molar-refractivity contribution is 0.627. The van der Waals surface area contributed by atoms with Crippen molar-refractivity contribution in [3.05, 3.63) is 113 Å². The van der Waals surface area contributed by atoms with Crippen LogP contribution in [0.25, 0.3) is 16.7 Å². The van der Waals surface area contributed by atoms with Gasteiger partial charge in [-0.25, -0.2) is 9.07 Å². The Balaban J connectivity index is 1.61. The summed E-state index contributed by atoms with van der Waals surface area (Å²) in [4.78, 5) is 20.3. The maximum absolute atomic E-state index is 13.5. The van der Waals surface area contributed by atoms with Gasteiger partial charge < -0.3 is 4.90 Å². The Morgan fingerprint density at radius 3 is 2.18 bits per heavy atom. The molecular weight excluding hydrogens is 419 g/mol. The highest BCUT2D eigenvalue weighted by molar-refractivity contribution is 6.05. The fourth-order valence-corrected chi connectivity index (χ4v) is 3.95. The van der Waals surface area contributed by atoms with Crippen LogP contribution in [-0.4, -0.2) is 31.7 Å². The third-order valence-electron chi connectivity index (χ3n) is 5.58. The van der Waals surface area contributed by atoms with Crippen LogP contribution in [-0.2, 0) is 0 Å². The lowest BCUT2D eigenvalue weighted by Crippen LogP contribution is -2.37. The molecule has 6 rings (SSSR count). The van der Waals surface area contributed by atoms with Gasteiger partial charge in [0.1, 0.15) is 11.2 Å². The van der Waals surface area contributed by atoms with Crippen molar-refractivity contribution < 1.29 is 4.39 Å². The van der Waals surface area contributed by atoms with Crippen LogP contribution in [0.2, 0.25) is 0 Å². The topological polar surface area (TPSA) is 68.3 Å². The third-order valence-corrected chi connectivity index (χ3v) is 5.58. The Bertz CT molecular complexity index is 1560. The average Bonchev–Trinajstić information content (AvgIpc) is 3.30. The number of hydrogen-bond donors (Lipinski definition) is 0. The van der Waals surface area contributed by atoms with E-state index in [0.29, 0.717) is 29.2 Å². The number of aromatic nitrogens is 4. The number of para-hydroxylation sites is 2. The highest BCUT2D eigenvalue weighted by atomic mass is 19.1. The normalized spacial score (nSPS) is 13.1. The average molecular weight is 436 g/mol. The van der Waals surface area contributed by atoms with Gasteiger partial charge in [-0.15, -0.1) is 0 Å². The largest absolute Gasteiger partial charge is 0.304 e. The summed E-state index contributed by atoms with van der Waals surface area (Å²) >= 11 is 0. The molecule has 0 aliphatic carbocycles. The molecule has 0 spiro atoms. The second-order valence-corrected chi connectivity index (χ2v) is 7.63. The standard InChI is InChI=1S/C25H17FN6O/c26-18-13-11-17(12-14-18)22-16-30(19-7-3-1-4-8-19)25-28-23-21(24(33)32(25)29-22)15-27-31(23)20-9-5-2-6-10-20/h1-15H,16H2. The molecule has 0 unspecified atom stereocenters. The first kappa shape index (κ1) is 19.1. The fraction of sp³-hybridized carbons (Fsp3) is 0.0400. The minimum atomic E-state index is -0.329. The lowest BCUT2D eigenvalue weighted by Gasteiger charge is -2.29. The van der Waals surface area contributed by atoms with Crippen LogP contribution in [0.15, 0.2) is 101 Å². The molecule has 1 aliphatic heterocycles. The molecule has 0 fully saturated rings. The van der Waals surface area contributed by atoms with E-state index >= 15 is 0 Å². The smallest absolute Gasteiger partial charge is 0.286 e. The van der Waals surface area contributed by atoms with E-state index in [2.05, 4.69) is 10.2 Å². The first-order chi connectivity index (χ1) is 16.2. The van der Waals surface area contributed by atoms with Gasteiger partial charge in [0.05, 0.1) is 24.1 Å². The molecule has 0 radical (unpaired) electrons. The Morgan fingerprint density at radius 1 is 0.818 bits per heavy atom. The van der Waals surface area contributed by atoms with Gasteiger partial charge >= 0.3 is 0 Å². The molecule has 0 saturated carbocycles. The summed E-state index contributed by atoms with van der Waals surface area (Å²) in [5.74, 6) is 0.0617. The van der Waals surface area contributed by atoms with E-state index in [1.807, 2.05) is 65.6 Å². The second kappa shape index (κ2) is 7.52. The summed E-state index contributed by atoms with van der Waals surface area (Å²) in [5.41, 5.74) is 3.16. The SMILES string of the molecule is O=c1c2cnn(-c3ccccc3)c2nc2n1N=C(c1ccc(F)cc1)CN2c1ccccc1. The molecule has 0 atom stereocenters. The van der Waals surface area contributed by atoms with Gasteiger partial charge in [0.15, 0.2) is 5.65 Å². The molecule has 7 nitrogen and oxygen atoms in total. The highest BCUT2D eigenvalue weighted by Gasteiger charge is 2.27. The first-order valence-corrected chi connectivity index (χ1v) is 10.4. The number of nitrogens with zero attached hydrogens (tertiary/aromatic N) is 6. The van der Waals surface area contributed by atoms with Crippen molar-refractivity contribution in [1.82, 2.24) is 19.4 Å². The molecule has 0 bridgehead atoms. The zero-order valence-electron chi connectivity index (χ0n) is 17.3. The van der Waals surface area contributed by atoms with Crippen LogP contribution in [0.4, 0.5) is 16.0 Å². The second-order valence-electron chi connectivity index (χ2n) is 7.63. The van der Waals surface area contributed by atoms with E-state index < -0.39 is 0 Å². The minimum Gasteiger partial charge on any atom is -0.304 e. The number of hydrogen-bond acceptors (Lipinski definition) is 5. The van der Waals surface area contributed by atoms with Gasteiger partial charge in [-0.1, -0.05) is 48.5 Å². The van der Waals surface area contributed by atoms with E-state index in [-0.39, 0.29) is 11.4 Å². The van der Waals surface area contributed by atoms with Crippen molar-refractivity contribution in [3.8, 4) is 5.69 Å². The van der Waals surface area contributed by atoms with E-state index in [0.717, 1.165) is 16.9 Å².